The van der Waals surface area contributed by atoms with Crippen molar-refractivity contribution in [3.05, 3.63) is 93.9 Å². The summed E-state index contributed by atoms with van der Waals surface area (Å²) in [5, 5.41) is 0. The summed E-state index contributed by atoms with van der Waals surface area (Å²) in [4.78, 5) is 12.6. The summed E-state index contributed by atoms with van der Waals surface area (Å²) in [6.07, 6.45) is 0. The van der Waals surface area contributed by atoms with Crippen LogP contribution >= 0.6 is 0 Å². The molecule has 0 bridgehead atoms. The number of aromatic nitrogens is 2. The fraction of sp³-hybridized carbons (Fsp3) is 0.250. The van der Waals surface area contributed by atoms with E-state index in [0.29, 0.717) is 0 Å². The highest BCUT2D eigenvalue weighted by Crippen LogP contribution is 2.23. The summed E-state index contributed by atoms with van der Waals surface area (Å²) < 4.78 is 3.97. The van der Waals surface area contributed by atoms with E-state index in [2.05, 4.69) is 42.8 Å². The molecule has 2 atom stereocenters. The van der Waals surface area contributed by atoms with Crippen LogP contribution in [0.25, 0.3) is 0 Å². The lowest BCUT2D eigenvalue weighted by Gasteiger charge is -2.25. The molecular formula is C20H22N2O. The van der Waals surface area contributed by atoms with Crippen molar-refractivity contribution in [1.29, 1.82) is 0 Å². The second-order valence-electron chi connectivity index (χ2n) is 5.99. The Bertz CT molecular complexity index is 831. The molecule has 0 saturated carbocycles. The summed E-state index contributed by atoms with van der Waals surface area (Å²) in [5.41, 5.74) is 3.35. The lowest BCUT2D eigenvalue weighted by molar-refractivity contribution is 0.387. The van der Waals surface area contributed by atoms with Crippen LogP contribution in [0.2, 0.25) is 0 Å². The largest absolute Gasteiger partial charge is 0.279 e. The molecule has 0 N–H and O–H groups in total. The van der Waals surface area contributed by atoms with Crippen molar-refractivity contribution in [3.63, 3.8) is 0 Å². The standard InChI is InChI=1S/C20H22N2O/c1-15-14-20(23)22(17(3)19-12-8-5-9-13-19)21(15)16(2)18-10-6-4-7-11-18/h4-14,16-17H,1-3H3/t16-,17+/m0/s1. The van der Waals surface area contributed by atoms with Gasteiger partial charge in [0.15, 0.2) is 0 Å². The zero-order valence-corrected chi connectivity index (χ0v) is 13.8. The molecule has 23 heavy (non-hydrogen) atoms. The first kappa shape index (κ1) is 15.3. The van der Waals surface area contributed by atoms with E-state index in [1.807, 2.05) is 48.0 Å². The van der Waals surface area contributed by atoms with Gasteiger partial charge in [0, 0.05) is 11.8 Å². The quantitative estimate of drug-likeness (QED) is 0.710. The highest BCUT2D eigenvalue weighted by molar-refractivity contribution is 5.22. The number of nitrogens with zero attached hydrogens (tertiary/aromatic N) is 2. The van der Waals surface area contributed by atoms with E-state index in [4.69, 9.17) is 0 Å². The third-order valence-corrected chi connectivity index (χ3v) is 4.45. The van der Waals surface area contributed by atoms with Gasteiger partial charge in [-0.15, -0.1) is 0 Å². The molecule has 0 amide bonds. The zero-order valence-electron chi connectivity index (χ0n) is 13.8. The Hall–Kier alpha value is -2.55. The van der Waals surface area contributed by atoms with Crippen LogP contribution in [-0.2, 0) is 0 Å². The molecule has 118 valence electrons. The number of aryl methyl sites for hydroxylation is 1. The van der Waals surface area contributed by atoms with Gasteiger partial charge in [-0.25, -0.2) is 4.68 Å². The van der Waals surface area contributed by atoms with Gasteiger partial charge in [-0.1, -0.05) is 60.7 Å². The summed E-state index contributed by atoms with van der Waals surface area (Å²) in [6.45, 7) is 6.20. The molecule has 0 saturated heterocycles. The minimum Gasteiger partial charge on any atom is -0.279 e. The summed E-state index contributed by atoms with van der Waals surface area (Å²) in [6, 6.07) is 22.3. The number of benzene rings is 2. The fourth-order valence-electron chi connectivity index (χ4n) is 3.20. The summed E-state index contributed by atoms with van der Waals surface area (Å²) >= 11 is 0. The fourth-order valence-corrected chi connectivity index (χ4v) is 3.20. The van der Waals surface area contributed by atoms with E-state index in [9.17, 15) is 4.79 Å². The Labute approximate surface area is 136 Å². The molecule has 0 radical (unpaired) electrons. The Morgan fingerprint density at radius 1 is 0.739 bits per heavy atom. The van der Waals surface area contributed by atoms with Crippen molar-refractivity contribution in [3.8, 4) is 0 Å². The third-order valence-electron chi connectivity index (χ3n) is 4.45. The number of rotatable bonds is 4. The smallest absolute Gasteiger partial charge is 0.267 e. The lowest BCUT2D eigenvalue weighted by Crippen LogP contribution is -2.29. The molecule has 0 fully saturated rings. The molecule has 3 nitrogen and oxygen atoms in total. The van der Waals surface area contributed by atoms with Crippen LogP contribution in [0.4, 0.5) is 0 Å². The van der Waals surface area contributed by atoms with Crippen molar-refractivity contribution in [2.75, 3.05) is 0 Å². The molecule has 2 aromatic carbocycles. The maximum atomic E-state index is 12.6. The van der Waals surface area contributed by atoms with Gasteiger partial charge in [-0.05, 0) is 31.9 Å². The zero-order chi connectivity index (χ0) is 16.4. The second-order valence-corrected chi connectivity index (χ2v) is 5.99. The molecule has 3 rings (SSSR count). The SMILES string of the molecule is Cc1cc(=O)n([C@H](C)c2ccccc2)n1[C@@H](C)c1ccccc1. The van der Waals surface area contributed by atoms with Gasteiger partial charge in [0.1, 0.15) is 0 Å². The second kappa shape index (κ2) is 6.29. The molecule has 3 aromatic rings. The van der Waals surface area contributed by atoms with E-state index in [1.165, 1.54) is 5.56 Å². The molecule has 3 heteroatoms. The number of hydrogen-bond acceptors (Lipinski definition) is 1. The van der Waals surface area contributed by atoms with Gasteiger partial charge in [-0.3, -0.25) is 9.48 Å². The average molecular weight is 306 g/mol. The summed E-state index contributed by atoms with van der Waals surface area (Å²) in [7, 11) is 0. The topological polar surface area (TPSA) is 26.9 Å². The molecular weight excluding hydrogens is 284 g/mol. The van der Waals surface area contributed by atoms with Gasteiger partial charge in [0.25, 0.3) is 5.56 Å². The van der Waals surface area contributed by atoms with Gasteiger partial charge >= 0.3 is 0 Å². The van der Waals surface area contributed by atoms with Crippen molar-refractivity contribution in [2.24, 2.45) is 0 Å². The Balaban J connectivity index is 2.10. The highest BCUT2D eigenvalue weighted by atomic mass is 16.1. The van der Waals surface area contributed by atoms with Crippen LogP contribution in [0.3, 0.4) is 0 Å². The molecule has 0 aliphatic carbocycles. The first-order valence-electron chi connectivity index (χ1n) is 8.00. The van der Waals surface area contributed by atoms with Crippen LogP contribution in [0.5, 0.6) is 0 Å². The maximum Gasteiger partial charge on any atom is 0.267 e. The molecule has 1 heterocycles. The van der Waals surface area contributed by atoms with Gasteiger partial charge in [0.2, 0.25) is 0 Å². The van der Waals surface area contributed by atoms with Gasteiger partial charge in [-0.2, -0.15) is 0 Å². The van der Waals surface area contributed by atoms with Crippen LogP contribution in [0.1, 0.15) is 42.8 Å². The highest BCUT2D eigenvalue weighted by Gasteiger charge is 2.20. The maximum absolute atomic E-state index is 12.6. The first-order valence-corrected chi connectivity index (χ1v) is 8.00. The molecule has 0 spiro atoms. The van der Waals surface area contributed by atoms with Crippen LogP contribution in [0.15, 0.2) is 71.5 Å². The Morgan fingerprint density at radius 3 is 1.65 bits per heavy atom. The van der Waals surface area contributed by atoms with Crippen molar-refractivity contribution < 1.29 is 0 Å². The van der Waals surface area contributed by atoms with Crippen LogP contribution in [-0.4, -0.2) is 9.36 Å². The molecule has 1 aromatic heterocycles. The van der Waals surface area contributed by atoms with E-state index < -0.39 is 0 Å². The monoisotopic (exact) mass is 306 g/mol. The average Bonchev–Trinajstić information content (AvgIpc) is 2.89. The van der Waals surface area contributed by atoms with Crippen LogP contribution < -0.4 is 5.56 Å². The Kier molecular flexibility index (Phi) is 4.20. The predicted molar refractivity (Wildman–Crippen MR) is 93.9 cm³/mol. The predicted octanol–water partition coefficient (Wildman–Crippen LogP) is 4.18. The van der Waals surface area contributed by atoms with Crippen molar-refractivity contribution in [1.82, 2.24) is 9.36 Å². The molecule has 0 aliphatic heterocycles. The normalized spacial score (nSPS) is 13.7. The van der Waals surface area contributed by atoms with E-state index in [1.54, 1.807) is 6.07 Å². The van der Waals surface area contributed by atoms with E-state index in [-0.39, 0.29) is 17.6 Å². The van der Waals surface area contributed by atoms with Crippen molar-refractivity contribution in [2.45, 2.75) is 32.9 Å². The third kappa shape index (κ3) is 2.87. The van der Waals surface area contributed by atoms with Gasteiger partial charge < -0.3 is 0 Å². The first-order chi connectivity index (χ1) is 11.1. The molecule has 0 unspecified atom stereocenters. The van der Waals surface area contributed by atoms with E-state index >= 15 is 0 Å². The minimum absolute atomic E-state index is 0.0106. The van der Waals surface area contributed by atoms with Gasteiger partial charge in [0.05, 0.1) is 12.1 Å². The lowest BCUT2D eigenvalue weighted by atomic mass is 10.1. The Morgan fingerprint density at radius 2 is 1.17 bits per heavy atom. The van der Waals surface area contributed by atoms with Crippen LogP contribution in [0, 0.1) is 6.92 Å². The van der Waals surface area contributed by atoms with E-state index in [0.717, 1.165) is 11.3 Å². The molecule has 0 aliphatic rings. The summed E-state index contributed by atoms with van der Waals surface area (Å²) in [5.74, 6) is 0. The van der Waals surface area contributed by atoms with Crippen molar-refractivity contribution >= 4 is 0 Å². The minimum atomic E-state index is -0.0106. The number of hydrogen-bond donors (Lipinski definition) is 0.